The zero-order valence-electron chi connectivity index (χ0n) is 13.3. The van der Waals surface area contributed by atoms with Gasteiger partial charge in [0.2, 0.25) is 0 Å². The molecule has 0 unspecified atom stereocenters. The van der Waals surface area contributed by atoms with E-state index in [2.05, 4.69) is 10.3 Å². The van der Waals surface area contributed by atoms with Gasteiger partial charge in [-0.25, -0.2) is 9.48 Å². The van der Waals surface area contributed by atoms with E-state index in [4.69, 9.17) is 16.3 Å². The van der Waals surface area contributed by atoms with Crippen molar-refractivity contribution in [2.75, 3.05) is 6.61 Å². The van der Waals surface area contributed by atoms with E-state index in [1.54, 1.807) is 54.1 Å². The zero-order chi connectivity index (χ0) is 17.8. The molecule has 3 rings (SSSR count). The molecule has 0 N–H and O–H groups in total. The van der Waals surface area contributed by atoms with Crippen molar-refractivity contribution in [1.82, 2.24) is 9.78 Å². The van der Waals surface area contributed by atoms with E-state index in [-0.39, 0.29) is 18.0 Å². The molecule has 126 valence electrons. The predicted octanol–water partition coefficient (Wildman–Crippen LogP) is 4.77. The molecule has 2 aromatic carbocycles. The fourth-order valence-corrected chi connectivity index (χ4v) is 2.60. The molecule has 0 amide bonds. The molecular weight excluding hydrogens is 342 g/mol. The number of hydrogen-bond donors (Lipinski definition) is 0. The van der Waals surface area contributed by atoms with Gasteiger partial charge in [-0.05, 0) is 48.5 Å². The van der Waals surface area contributed by atoms with Crippen molar-refractivity contribution in [1.29, 1.82) is 0 Å². The maximum absolute atomic E-state index is 12.1. The molecule has 0 fully saturated rings. The maximum Gasteiger partial charge on any atom is 0.358 e. The topological polar surface area (TPSA) is 73.5 Å². The summed E-state index contributed by atoms with van der Waals surface area (Å²) in [7, 11) is 0. The normalized spacial score (nSPS) is 10.5. The Morgan fingerprint density at radius 1 is 1.20 bits per heavy atom. The number of benzene rings is 2. The molecule has 1 aromatic heterocycles. The fraction of sp³-hybridized carbons (Fsp3) is 0.111. The molecule has 0 saturated heterocycles. The molecule has 0 saturated carbocycles. The van der Waals surface area contributed by atoms with Gasteiger partial charge in [-0.15, -0.1) is 4.91 Å². The third-order valence-electron chi connectivity index (χ3n) is 3.49. The van der Waals surface area contributed by atoms with Crippen molar-refractivity contribution in [3.05, 3.63) is 70.2 Å². The molecule has 25 heavy (non-hydrogen) atoms. The third-order valence-corrected chi connectivity index (χ3v) is 3.73. The SMILES string of the molecule is CCOC(=O)c1cc(-c2cccc(N=O)c2)n(-c2cccc(Cl)c2)n1. The van der Waals surface area contributed by atoms with Gasteiger partial charge in [-0.1, -0.05) is 29.8 Å². The van der Waals surface area contributed by atoms with Crippen LogP contribution in [0.3, 0.4) is 0 Å². The van der Waals surface area contributed by atoms with Crippen LogP contribution in [0.15, 0.2) is 59.8 Å². The van der Waals surface area contributed by atoms with Crippen LogP contribution in [-0.4, -0.2) is 22.4 Å². The van der Waals surface area contributed by atoms with Crippen molar-refractivity contribution in [2.24, 2.45) is 5.18 Å². The summed E-state index contributed by atoms with van der Waals surface area (Å²) in [6, 6.07) is 15.4. The summed E-state index contributed by atoms with van der Waals surface area (Å²) in [5.74, 6) is -0.519. The monoisotopic (exact) mass is 355 g/mol. The van der Waals surface area contributed by atoms with Gasteiger partial charge < -0.3 is 4.74 Å². The summed E-state index contributed by atoms with van der Waals surface area (Å²) in [4.78, 5) is 22.9. The summed E-state index contributed by atoms with van der Waals surface area (Å²) in [5, 5.41) is 7.84. The Kier molecular flexibility index (Phi) is 4.90. The van der Waals surface area contributed by atoms with Crippen LogP contribution in [0.4, 0.5) is 5.69 Å². The van der Waals surface area contributed by atoms with Gasteiger partial charge in [0.1, 0.15) is 5.69 Å². The van der Waals surface area contributed by atoms with E-state index in [0.717, 1.165) is 0 Å². The van der Waals surface area contributed by atoms with Crippen LogP contribution in [0.5, 0.6) is 0 Å². The number of ether oxygens (including phenoxy) is 1. The number of rotatable bonds is 5. The number of carbonyl (C=O) groups is 1. The standard InChI is InChI=1S/C18H14ClN3O3/c1-2-25-18(23)16-11-17(12-5-3-7-14(9-12)21-24)22(20-16)15-8-4-6-13(19)10-15/h3-11H,2H2,1H3. The van der Waals surface area contributed by atoms with E-state index in [0.29, 0.717) is 22.0 Å². The van der Waals surface area contributed by atoms with Crippen LogP contribution in [0.25, 0.3) is 16.9 Å². The number of halogens is 1. The molecule has 0 bridgehead atoms. The third kappa shape index (κ3) is 3.59. The van der Waals surface area contributed by atoms with Gasteiger partial charge in [0.15, 0.2) is 5.69 Å². The summed E-state index contributed by atoms with van der Waals surface area (Å²) in [5.41, 5.74) is 2.45. The Balaban J connectivity index is 2.17. The van der Waals surface area contributed by atoms with E-state index < -0.39 is 5.97 Å². The number of aromatic nitrogens is 2. The first kappa shape index (κ1) is 16.9. The summed E-state index contributed by atoms with van der Waals surface area (Å²) in [6.07, 6.45) is 0. The van der Waals surface area contributed by atoms with Crippen molar-refractivity contribution in [3.8, 4) is 16.9 Å². The summed E-state index contributed by atoms with van der Waals surface area (Å²) >= 11 is 6.07. The number of esters is 1. The lowest BCUT2D eigenvalue weighted by Gasteiger charge is -2.08. The average Bonchev–Trinajstić information content (AvgIpc) is 3.07. The number of nitroso groups, excluding NO2 is 1. The van der Waals surface area contributed by atoms with Crippen molar-refractivity contribution in [2.45, 2.75) is 6.92 Å². The fourth-order valence-electron chi connectivity index (χ4n) is 2.42. The van der Waals surface area contributed by atoms with E-state index in [9.17, 15) is 9.70 Å². The van der Waals surface area contributed by atoms with E-state index >= 15 is 0 Å². The highest BCUT2D eigenvalue weighted by molar-refractivity contribution is 6.30. The number of nitrogens with zero attached hydrogens (tertiary/aromatic N) is 3. The van der Waals surface area contributed by atoms with Gasteiger partial charge in [-0.3, -0.25) is 0 Å². The second-order valence-electron chi connectivity index (χ2n) is 5.17. The molecule has 0 aliphatic heterocycles. The molecule has 0 aliphatic carbocycles. The molecule has 0 spiro atoms. The predicted molar refractivity (Wildman–Crippen MR) is 95.4 cm³/mol. The Hall–Kier alpha value is -2.99. The van der Waals surface area contributed by atoms with Crippen LogP contribution in [0.2, 0.25) is 5.02 Å². The second kappa shape index (κ2) is 7.27. The highest BCUT2D eigenvalue weighted by Gasteiger charge is 2.18. The molecule has 1 heterocycles. The van der Waals surface area contributed by atoms with Crippen molar-refractivity contribution >= 4 is 23.3 Å². The molecule has 0 radical (unpaired) electrons. The average molecular weight is 356 g/mol. The molecule has 7 heteroatoms. The molecule has 6 nitrogen and oxygen atoms in total. The van der Waals surface area contributed by atoms with Crippen molar-refractivity contribution in [3.63, 3.8) is 0 Å². The maximum atomic E-state index is 12.1. The molecule has 0 atom stereocenters. The first-order valence-electron chi connectivity index (χ1n) is 7.59. The Labute approximate surface area is 149 Å². The van der Waals surface area contributed by atoms with E-state index in [1.165, 1.54) is 0 Å². The van der Waals surface area contributed by atoms with Gasteiger partial charge >= 0.3 is 5.97 Å². The lowest BCUT2D eigenvalue weighted by atomic mass is 10.1. The Morgan fingerprint density at radius 2 is 2.00 bits per heavy atom. The minimum atomic E-state index is -0.519. The lowest BCUT2D eigenvalue weighted by Crippen LogP contribution is -2.06. The second-order valence-corrected chi connectivity index (χ2v) is 5.61. The van der Waals surface area contributed by atoms with Crippen LogP contribution in [-0.2, 0) is 4.74 Å². The molecular formula is C18H14ClN3O3. The first-order valence-corrected chi connectivity index (χ1v) is 7.97. The van der Waals surface area contributed by atoms with Crippen LogP contribution >= 0.6 is 11.6 Å². The Bertz CT molecular complexity index is 937. The van der Waals surface area contributed by atoms with Crippen LogP contribution < -0.4 is 0 Å². The zero-order valence-corrected chi connectivity index (χ0v) is 14.1. The highest BCUT2D eigenvalue weighted by atomic mass is 35.5. The molecule has 0 aliphatic rings. The first-order chi connectivity index (χ1) is 12.1. The van der Waals surface area contributed by atoms with Gasteiger partial charge in [0, 0.05) is 10.6 Å². The number of hydrogen-bond acceptors (Lipinski definition) is 5. The lowest BCUT2D eigenvalue weighted by molar-refractivity contribution is 0.0519. The van der Waals surface area contributed by atoms with Gasteiger partial charge in [0.25, 0.3) is 0 Å². The Morgan fingerprint density at radius 3 is 2.72 bits per heavy atom. The largest absolute Gasteiger partial charge is 0.461 e. The smallest absolute Gasteiger partial charge is 0.358 e. The van der Waals surface area contributed by atoms with Gasteiger partial charge in [-0.2, -0.15) is 5.10 Å². The molecule has 3 aromatic rings. The minimum absolute atomic E-state index is 0.168. The summed E-state index contributed by atoms with van der Waals surface area (Å²) < 4.78 is 6.61. The van der Waals surface area contributed by atoms with Crippen LogP contribution in [0.1, 0.15) is 17.4 Å². The van der Waals surface area contributed by atoms with Gasteiger partial charge in [0.05, 0.1) is 18.0 Å². The summed E-state index contributed by atoms with van der Waals surface area (Å²) in [6.45, 7) is 1.98. The van der Waals surface area contributed by atoms with E-state index in [1.807, 2.05) is 12.1 Å². The van der Waals surface area contributed by atoms with Crippen molar-refractivity contribution < 1.29 is 9.53 Å². The van der Waals surface area contributed by atoms with Crippen LogP contribution in [0, 0.1) is 4.91 Å². The number of carbonyl (C=O) groups excluding carboxylic acids is 1. The highest BCUT2D eigenvalue weighted by Crippen LogP contribution is 2.28. The minimum Gasteiger partial charge on any atom is -0.461 e. The quantitative estimate of drug-likeness (QED) is 0.488.